The average Bonchev–Trinajstić information content (AvgIpc) is 2.82. The third-order valence-corrected chi connectivity index (χ3v) is 4.14. The summed E-state index contributed by atoms with van der Waals surface area (Å²) in [6.45, 7) is 2.86. The molecule has 0 bridgehead atoms. The summed E-state index contributed by atoms with van der Waals surface area (Å²) in [4.78, 5) is 0. The molecule has 1 heterocycles. The van der Waals surface area contributed by atoms with Crippen LogP contribution in [0, 0.1) is 0 Å². The molecule has 0 radical (unpaired) electrons. The second-order valence-corrected chi connectivity index (χ2v) is 6.29. The maximum Gasteiger partial charge on any atom is 0.335 e. The van der Waals surface area contributed by atoms with E-state index in [0.29, 0.717) is 18.7 Å². The van der Waals surface area contributed by atoms with E-state index in [4.69, 9.17) is 4.42 Å². The molecule has 1 rings (SSSR count). The molecule has 0 saturated carbocycles. The summed E-state index contributed by atoms with van der Waals surface area (Å²) in [5.74, 6) is 0.487. The molecular weight excluding hydrogens is 254 g/mol. The second kappa shape index (κ2) is 7.48. The van der Waals surface area contributed by atoms with Crippen LogP contribution in [0.5, 0.6) is 0 Å². The minimum Gasteiger partial charge on any atom is -0.413 e. The van der Waals surface area contributed by atoms with Gasteiger partial charge >= 0.3 is 5.22 Å². The first kappa shape index (κ1) is 15.1. The molecular formula is C11H22N3O3S+. The van der Waals surface area contributed by atoms with Gasteiger partial charge in [0.25, 0.3) is 0 Å². The van der Waals surface area contributed by atoms with Gasteiger partial charge in [0.15, 0.2) is 0 Å². The van der Waals surface area contributed by atoms with Crippen molar-refractivity contribution in [3.63, 3.8) is 0 Å². The van der Waals surface area contributed by atoms with E-state index >= 15 is 0 Å². The number of nitrogens with zero attached hydrogens (tertiary/aromatic N) is 2. The van der Waals surface area contributed by atoms with Gasteiger partial charge in [0, 0.05) is 6.42 Å². The van der Waals surface area contributed by atoms with Crippen molar-refractivity contribution in [1.29, 1.82) is 0 Å². The van der Waals surface area contributed by atoms with Crippen molar-refractivity contribution in [2.45, 2.75) is 50.7 Å². The molecule has 0 aromatic carbocycles. The van der Waals surface area contributed by atoms with Crippen molar-refractivity contribution >= 4 is 9.84 Å². The smallest absolute Gasteiger partial charge is 0.335 e. The molecule has 1 aromatic rings. The number of hydrogen-bond donors (Lipinski definition) is 1. The minimum atomic E-state index is -3.39. The van der Waals surface area contributed by atoms with Crippen LogP contribution in [0.15, 0.2) is 9.64 Å². The SMILES string of the molecule is CCCCS(=O)(=O)c1nnc(CCCCC[NH3+])o1. The molecule has 0 amide bonds. The van der Waals surface area contributed by atoms with E-state index in [1.54, 1.807) is 0 Å². The van der Waals surface area contributed by atoms with Crippen molar-refractivity contribution in [1.82, 2.24) is 10.2 Å². The largest absolute Gasteiger partial charge is 0.413 e. The molecule has 0 unspecified atom stereocenters. The average molecular weight is 276 g/mol. The zero-order valence-corrected chi connectivity index (χ0v) is 11.7. The van der Waals surface area contributed by atoms with E-state index in [9.17, 15) is 8.42 Å². The highest BCUT2D eigenvalue weighted by Crippen LogP contribution is 2.13. The highest BCUT2D eigenvalue weighted by atomic mass is 32.2. The third kappa shape index (κ3) is 4.73. The molecule has 104 valence electrons. The lowest BCUT2D eigenvalue weighted by atomic mass is 10.2. The number of rotatable bonds is 9. The molecule has 3 N–H and O–H groups in total. The van der Waals surface area contributed by atoms with Crippen molar-refractivity contribution in [2.75, 3.05) is 12.3 Å². The number of aryl methyl sites for hydroxylation is 1. The lowest BCUT2D eigenvalue weighted by molar-refractivity contribution is -0.368. The van der Waals surface area contributed by atoms with Crippen LogP contribution in [0.25, 0.3) is 0 Å². The summed E-state index contributed by atoms with van der Waals surface area (Å²) in [7, 11) is -3.39. The predicted molar refractivity (Wildman–Crippen MR) is 66.6 cm³/mol. The highest BCUT2D eigenvalue weighted by molar-refractivity contribution is 7.91. The zero-order valence-electron chi connectivity index (χ0n) is 10.9. The lowest BCUT2D eigenvalue weighted by Gasteiger charge is -1.97. The van der Waals surface area contributed by atoms with Gasteiger partial charge in [-0.2, -0.15) is 0 Å². The first-order valence-electron chi connectivity index (χ1n) is 6.44. The Morgan fingerprint density at radius 3 is 2.61 bits per heavy atom. The first-order chi connectivity index (χ1) is 8.60. The molecule has 0 fully saturated rings. The van der Waals surface area contributed by atoms with Gasteiger partial charge in [-0.15, -0.1) is 5.10 Å². The molecule has 1 aromatic heterocycles. The zero-order chi connectivity index (χ0) is 13.4. The molecule has 0 atom stereocenters. The summed E-state index contributed by atoms with van der Waals surface area (Å²) in [5, 5.41) is 7.17. The molecule has 0 aliphatic carbocycles. The number of unbranched alkanes of at least 4 members (excludes halogenated alkanes) is 3. The molecule has 6 nitrogen and oxygen atoms in total. The van der Waals surface area contributed by atoms with E-state index in [2.05, 4.69) is 15.9 Å². The van der Waals surface area contributed by atoms with Gasteiger partial charge in [-0.25, -0.2) is 8.42 Å². The quantitative estimate of drug-likeness (QED) is 0.665. The highest BCUT2D eigenvalue weighted by Gasteiger charge is 2.21. The first-order valence-corrected chi connectivity index (χ1v) is 8.09. The number of quaternary nitrogens is 1. The standard InChI is InChI=1S/C11H21N3O3S/c1-2-3-9-18(15,16)11-14-13-10(17-11)7-5-4-6-8-12/h2-9,12H2,1H3/p+1. The Hall–Kier alpha value is -0.950. The van der Waals surface area contributed by atoms with Crippen molar-refractivity contribution in [2.24, 2.45) is 0 Å². The van der Waals surface area contributed by atoms with E-state index < -0.39 is 9.84 Å². The number of hydrogen-bond acceptors (Lipinski definition) is 5. The fraction of sp³-hybridized carbons (Fsp3) is 0.818. The van der Waals surface area contributed by atoms with Crippen LogP contribution in [0.4, 0.5) is 0 Å². The third-order valence-electron chi connectivity index (χ3n) is 2.62. The Morgan fingerprint density at radius 1 is 1.17 bits per heavy atom. The second-order valence-electron chi connectivity index (χ2n) is 4.30. The van der Waals surface area contributed by atoms with Gasteiger partial charge in [0.2, 0.25) is 15.7 Å². The molecule has 0 aliphatic heterocycles. The minimum absolute atomic E-state index is 0.0760. The maximum absolute atomic E-state index is 11.8. The fourth-order valence-corrected chi connectivity index (χ4v) is 2.75. The molecule has 0 aliphatic rings. The number of aromatic nitrogens is 2. The molecule has 18 heavy (non-hydrogen) atoms. The van der Waals surface area contributed by atoms with Crippen LogP contribution >= 0.6 is 0 Å². The Kier molecular flexibility index (Phi) is 6.28. The number of sulfone groups is 1. The van der Waals surface area contributed by atoms with E-state index in [-0.39, 0.29) is 11.0 Å². The summed E-state index contributed by atoms with van der Waals surface area (Å²) in [6.07, 6.45) is 5.11. The predicted octanol–water partition coefficient (Wildman–Crippen LogP) is 0.598. The Bertz CT molecular complexity index is 442. The van der Waals surface area contributed by atoms with Crippen LogP contribution in [0.2, 0.25) is 0 Å². The summed E-state index contributed by atoms with van der Waals surface area (Å²) in [5.41, 5.74) is 3.76. The van der Waals surface area contributed by atoms with Crippen LogP contribution in [0.3, 0.4) is 0 Å². The van der Waals surface area contributed by atoms with E-state index in [1.807, 2.05) is 6.92 Å². The van der Waals surface area contributed by atoms with E-state index in [0.717, 1.165) is 32.2 Å². The van der Waals surface area contributed by atoms with Crippen LogP contribution in [-0.4, -0.2) is 30.9 Å². The van der Waals surface area contributed by atoms with Gasteiger partial charge in [-0.05, 0) is 25.7 Å². The Morgan fingerprint density at radius 2 is 1.94 bits per heavy atom. The van der Waals surface area contributed by atoms with Gasteiger partial charge in [0.1, 0.15) is 0 Å². The maximum atomic E-state index is 11.8. The van der Waals surface area contributed by atoms with Gasteiger partial charge in [-0.1, -0.05) is 18.4 Å². The molecule has 0 spiro atoms. The van der Waals surface area contributed by atoms with Crippen molar-refractivity contribution in [3.05, 3.63) is 5.89 Å². The van der Waals surface area contributed by atoms with Crippen LogP contribution in [-0.2, 0) is 16.3 Å². The van der Waals surface area contributed by atoms with Gasteiger partial charge in [-0.3, -0.25) is 0 Å². The van der Waals surface area contributed by atoms with Crippen LogP contribution < -0.4 is 5.73 Å². The molecule has 7 heteroatoms. The normalized spacial score (nSPS) is 11.9. The summed E-state index contributed by atoms with van der Waals surface area (Å²) < 4.78 is 28.8. The monoisotopic (exact) mass is 276 g/mol. The topological polar surface area (TPSA) is 101 Å². The van der Waals surface area contributed by atoms with E-state index in [1.165, 1.54) is 0 Å². The van der Waals surface area contributed by atoms with Crippen molar-refractivity contribution < 1.29 is 18.6 Å². The van der Waals surface area contributed by atoms with Gasteiger partial charge in [0.05, 0.1) is 12.3 Å². The molecule has 0 saturated heterocycles. The lowest BCUT2D eigenvalue weighted by Crippen LogP contribution is -2.50. The Balaban J connectivity index is 2.52. The van der Waals surface area contributed by atoms with Crippen LogP contribution in [0.1, 0.15) is 44.9 Å². The van der Waals surface area contributed by atoms with Crippen molar-refractivity contribution in [3.8, 4) is 0 Å². The summed E-state index contributed by atoms with van der Waals surface area (Å²) >= 11 is 0. The summed E-state index contributed by atoms with van der Waals surface area (Å²) in [6, 6.07) is 0. The van der Waals surface area contributed by atoms with Gasteiger partial charge < -0.3 is 10.2 Å². The fourth-order valence-electron chi connectivity index (χ4n) is 1.52. The Labute approximate surface area is 108 Å².